The Bertz CT molecular complexity index is 385. The molecule has 0 fully saturated rings. The Labute approximate surface area is 108 Å². The molecule has 0 spiro atoms. The van der Waals surface area contributed by atoms with Crippen molar-refractivity contribution in [3.63, 3.8) is 0 Å². The van der Waals surface area contributed by atoms with Crippen molar-refractivity contribution in [3.05, 3.63) is 10.9 Å². The van der Waals surface area contributed by atoms with Crippen molar-refractivity contribution in [2.45, 2.75) is 33.6 Å². The summed E-state index contributed by atoms with van der Waals surface area (Å²) in [5.74, 6) is 0.146. The minimum Gasteiger partial charge on any atom is -0.397 e. The molecule has 0 unspecified atom stereocenters. The van der Waals surface area contributed by atoms with Crippen LogP contribution in [0, 0.1) is 5.92 Å². The number of anilines is 2. The van der Waals surface area contributed by atoms with Crippen LogP contribution in [0.3, 0.4) is 0 Å². The lowest BCUT2D eigenvalue weighted by Gasteiger charge is -2.15. The van der Waals surface area contributed by atoms with Gasteiger partial charge in [0.15, 0.2) is 5.78 Å². The minimum atomic E-state index is 0.00440. The van der Waals surface area contributed by atoms with Gasteiger partial charge in [-0.15, -0.1) is 11.3 Å². The maximum Gasteiger partial charge on any atom is 0.177 e. The molecule has 0 aromatic carbocycles. The zero-order valence-corrected chi connectivity index (χ0v) is 11.9. The van der Waals surface area contributed by atoms with E-state index in [1.165, 1.54) is 17.8 Å². The summed E-state index contributed by atoms with van der Waals surface area (Å²) < 4.78 is 0. The number of nitrogens with zero attached hydrogens (tertiary/aromatic N) is 1. The van der Waals surface area contributed by atoms with Gasteiger partial charge in [0.2, 0.25) is 0 Å². The summed E-state index contributed by atoms with van der Waals surface area (Å²) in [5.41, 5.74) is 6.53. The molecular formula is C13H22N2OS. The highest BCUT2D eigenvalue weighted by Crippen LogP contribution is 2.33. The standard InChI is InChI=1S/C13H22N2OS/c1-5-6-7-15(4)11-8-10(14)13(17-11)12(16)9(2)3/h8-9H,5-7,14H2,1-4H3. The number of hydrogen-bond acceptors (Lipinski definition) is 4. The van der Waals surface area contributed by atoms with Crippen LogP contribution in [0.1, 0.15) is 43.3 Å². The summed E-state index contributed by atoms with van der Waals surface area (Å²) >= 11 is 1.51. The molecule has 1 aromatic rings. The second-order valence-corrected chi connectivity index (χ2v) is 5.69. The molecule has 17 heavy (non-hydrogen) atoms. The van der Waals surface area contributed by atoms with Crippen molar-refractivity contribution < 1.29 is 4.79 Å². The number of unbranched alkanes of at least 4 members (excludes halogenated alkanes) is 1. The maximum atomic E-state index is 11.9. The van der Waals surface area contributed by atoms with E-state index < -0.39 is 0 Å². The van der Waals surface area contributed by atoms with Crippen LogP contribution in [-0.4, -0.2) is 19.4 Å². The normalized spacial score (nSPS) is 10.9. The molecule has 0 aliphatic heterocycles. The molecule has 0 saturated heterocycles. The highest BCUT2D eigenvalue weighted by Gasteiger charge is 2.18. The molecular weight excluding hydrogens is 232 g/mol. The third-order valence-electron chi connectivity index (χ3n) is 2.72. The van der Waals surface area contributed by atoms with E-state index in [0.717, 1.165) is 18.0 Å². The van der Waals surface area contributed by atoms with Gasteiger partial charge >= 0.3 is 0 Å². The van der Waals surface area contributed by atoms with Gasteiger partial charge in [0, 0.05) is 19.5 Å². The molecule has 1 heterocycles. The second-order valence-electron chi connectivity index (χ2n) is 4.66. The molecule has 0 bridgehead atoms. The summed E-state index contributed by atoms with van der Waals surface area (Å²) in [6.45, 7) is 6.99. The van der Waals surface area contributed by atoms with Crippen LogP contribution in [0.2, 0.25) is 0 Å². The van der Waals surface area contributed by atoms with E-state index in [9.17, 15) is 4.79 Å². The van der Waals surface area contributed by atoms with Crippen LogP contribution in [-0.2, 0) is 0 Å². The fourth-order valence-electron chi connectivity index (χ4n) is 1.54. The molecule has 1 aromatic heterocycles. The van der Waals surface area contributed by atoms with Crippen molar-refractivity contribution in [1.82, 2.24) is 0 Å². The van der Waals surface area contributed by atoms with Crippen LogP contribution in [0.25, 0.3) is 0 Å². The lowest BCUT2D eigenvalue weighted by Crippen LogP contribution is -2.16. The van der Waals surface area contributed by atoms with Crippen molar-refractivity contribution in [1.29, 1.82) is 0 Å². The Hall–Kier alpha value is -1.03. The molecule has 2 N–H and O–H groups in total. The van der Waals surface area contributed by atoms with E-state index in [-0.39, 0.29) is 11.7 Å². The molecule has 0 amide bonds. The van der Waals surface area contributed by atoms with Crippen molar-refractivity contribution in [3.8, 4) is 0 Å². The number of thiophene rings is 1. The number of Topliss-reactive ketones (excluding diaryl/α,β-unsaturated/α-hetero) is 1. The number of ketones is 1. The number of carbonyl (C=O) groups excluding carboxylic acids is 1. The zero-order valence-electron chi connectivity index (χ0n) is 11.1. The van der Waals surface area contributed by atoms with Gasteiger partial charge in [-0.1, -0.05) is 27.2 Å². The Morgan fingerprint density at radius 1 is 1.53 bits per heavy atom. The number of rotatable bonds is 6. The number of nitrogen functional groups attached to an aromatic ring is 1. The van der Waals surface area contributed by atoms with Gasteiger partial charge in [-0.05, 0) is 12.5 Å². The molecule has 4 heteroatoms. The summed E-state index contributed by atoms with van der Waals surface area (Å²) in [7, 11) is 2.05. The van der Waals surface area contributed by atoms with Crippen LogP contribution in [0.15, 0.2) is 6.07 Å². The highest BCUT2D eigenvalue weighted by molar-refractivity contribution is 7.18. The first-order valence-electron chi connectivity index (χ1n) is 6.12. The smallest absolute Gasteiger partial charge is 0.177 e. The average Bonchev–Trinajstić information content (AvgIpc) is 2.67. The Kier molecular flexibility index (Phi) is 5.00. The fourth-order valence-corrected chi connectivity index (χ4v) is 2.70. The minimum absolute atomic E-state index is 0.00440. The SMILES string of the molecule is CCCCN(C)c1cc(N)c(C(=O)C(C)C)s1. The number of hydrogen-bond donors (Lipinski definition) is 1. The fraction of sp³-hybridized carbons (Fsp3) is 0.615. The van der Waals surface area contributed by atoms with Gasteiger partial charge in [-0.25, -0.2) is 0 Å². The molecule has 96 valence electrons. The molecule has 0 atom stereocenters. The molecule has 0 aliphatic rings. The summed E-state index contributed by atoms with van der Waals surface area (Å²) in [6.07, 6.45) is 2.32. The first kappa shape index (κ1) is 14.0. The number of carbonyl (C=O) groups is 1. The topological polar surface area (TPSA) is 46.3 Å². The predicted octanol–water partition coefficient (Wildman–Crippen LogP) is 3.41. The Morgan fingerprint density at radius 3 is 2.71 bits per heavy atom. The highest BCUT2D eigenvalue weighted by atomic mass is 32.1. The van der Waals surface area contributed by atoms with Gasteiger partial charge in [0.1, 0.15) is 0 Å². The quantitative estimate of drug-likeness (QED) is 0.791. The predicted molar refractivity (Wildman–Crippen MR) is 76.1 cm³/mol. The Morgan fingerprint density at radius 2 is 2.18 bits per heavy atom. The molecule has 3 nitrogen and oxygen atoms in total. The van der Waals surface area contributed by atoms with Crippen LogP contribution in [0.4, 0.5) is 10.7 Å². The van der Waals surface area contributed by atoms with Gasteiger partial charge in [0.25, 0.3) is 0 Å². The van der Waals surface area contributed by atoms with E-state index in [1.54, 1.807) is 0 Å². The van der Waals surface area contributed by atoms with E-state index in [2.05, 4.69) is 11.8 Å². The van der Waals surface area contributed by atoms with Gasteiger partial charge in [-0.2, -0.15) is 0 Å². The first-order chi connectivity index (χ1) is 7.97. The first-order valence-corrected chi connectivity index (χ1v) is 6.93. The summed E-state index contributed by atoms with van der Waals surface area (Å²) in [4.78, 5) is 14.8. The lowest BCUT2D eigenvalue weighted by molar-refractivity contribution is 0.0944. The van der Waals surface area contributed by atoms with E-state index in [1.807, 2.05) is 27.0 Å². The van der Waals surface area contributed by atoms with Gasteiger partial charge in [0.05, 0.1) is 15.6 Å². The largest absolute Gasteiger partial charge is 0.397 e. The summed E-state index contributed by atoms with van der Waals surface area (Å²) in [5, 5.41) is 1.08. The van der Waals surface area contributed by atoms with Crippen molar-refractivity contribution in [2.24, 2.45) is 5.92 Å². The van der Waals surface area contributed by atoms with E-state index >= 15 is 0 Å². The maximum absolute atomic E-state index is 11.9. The molecule has 0 radical (unpaired) electrons. The van der Waals surface area contributed by atoms with Crippen LogP contribution < -0.4 is 10.6 Å². The third kappa shape index (κ3) is 3.46. The zero-order chi connectivity index (χ0) is 13.0. The van der Waals surface area contributed by atoms with Crippen molar-refractivity contribution in [2.75, 3.05) is 24.2 Å². The molecule has 1 rings (SSSR count). The Balaban J connectivity index is 2.84. The van der Waals surface area contributed by atoms with E-state index in [0.29, 0.717) is 10.6 Å². The van der Waals surface area contributed by atoms with Gasteiger partial charge < -0.3 is 10.6 Å². The van der Waals surface area contributed by atoms with Gasteiger partial charge in [-0.3, -0.25) is 4.79 Å². The van der Waals surface area contributed by atoms with Crippen molar-refractivity contribution >= 4 is 27.8 Å². The summed E-state index contributed by atoms with van der Waals surface area (Å²) in [6, 6.07) is 1.91. The van der Waals surface area contributed by atoms with Crippen LogP contribution >= 0.6 is 11.3 Å². The molecule has 0 saturated carbocycles. The second kappa shape index (κ2) is 6.05. The van der Waals surface area contributed by atoms with Crippen LogP contribution in [0.5, 0.6) is 0 Å². The molecule has 0 aliphatic carbocycles. The monoisotopic (exact) mass is 254 g/mol. The average molecular weight is 254 g/mol. The third-order valence-corrected chi connectivity index (χ3v) is 4.00. The van der Waals surface area contributed by atoms with E-state index in [4.69, 9.17) is 5.73 Å². The lowest BCUT2D eigenvalue weighted by atomic mass is 10.1. The number of nitrogens with two attached hydrogens (primary N) is 1.